The lowest BCUT2D eigenvalue weighted by atomic mass is 9.84. The van der Waals surface area contributed by atoms with Crippen molar-refractivity contribution in [1.82, 2.24) is 9.55 Å². The van der Waals surface area contributed by atoms with E-state index in [-0.39, 0.29) is 35.6 Å². The van der Waals surface area contributed by atoms with Gasteiger partial charge in [0.15, 0.2) is 11.6 Å². The van der Waals surface area contributed by atoms with Crippen LogP contribution in [0.1, 0.15) is 81.8 Å². The molecule has 1 N–H and O–H groups in total. The first-order valence-corrected chi connectivity index (χ1v) is 14.1. The monoisotopic (exact) mass is 551 g/mol. The Kier molecular flexibility index (Phi) is 7.75. The standard InChI is InChI=1S/C31H38FN3O5/c1-17(2)27(20-9-15-26(39-4)23(32)16-20)29-33-28-22-12-6-18(3)34(31(38)40-5)24(22)13-14-25(28)35(29)21-10-7-19(8-11-21)30(36)37/h9,13-19,21,27H,6-8,10-12H2,1-5H3,(H,36,37)/t18?,19?,21?,27-/m1/s1. The molecule has 1 saturated carbocycles. The number of methoxy groups -OCH3 is 2. The molecule has 1 aliphatic carbocycles. The van der Waals surface area contributed by atoms with Crippen LogP contribution in [0.25, 0.3) is 11.0 Å². The Morgan fingerprint density at radius 2 is 1.80 bits per heavy atom. The van der Waals surface area contributed by atoms with Crippen molar-refractivity contribution >= 4 is 28.8 Å². The van der Waals surface area contributed by atoms with Crippen LogP contribution in [0, 0.1) is 17.7 Å². The van der Waals surface area contributed by atoms with E-state index in [0.29, 0.717) is 12.8 Å². The van der Waals surface area contributed by atoms with Crippen molar-refractivity contribution in [1.29, 1.82) is 0 Å². The number of nitrogens with zero attached hydrogens (tertiary/aromatic N) is 3. The highest BCUT2D eigenvalue weighted by molar-refractivity contribution is 5.95. The molecule has 214 valence electrons. The third kappa shape index (κ3) is 4.80. The molecule has 0 bridgehead atoms. The Labute approximate surface area is 234 Å². The van der Waals surface area contributed by atoms with Crippen molar-refractivity contribution in [3.63, 3.8) is 0 Å². The zero-order chi connectivity index (χ0) is 28.7. The van der Waals surface area contributed by atoms with Gasteiger partial charge in [-0.05, 0) is 81.2 Å². The van der Waals surface area contributed by atoms with Gasteiger partial charge >= 0.3 is 12.1 Å². The molecule has 2 aromatic carbocycles. The number of ether oxygens (including phenoxy) is 2. The second-order valence-corrected chi connectivity index (χ2v) is 11.5. The molecule has 1 fully saturated rings. The largest absolute Gasteiger partial charge is 0.494 e. The fraction of sp³-hybridized carbons (Fsp3) is 0.516. The van der Waals surface area contributed by atoms with Crippen molar-refractivity contribution in [2.45, 2.75) is 77.3 Å². The molecule has 1 aromatic heterocycles. The molecule has 2 atom stereocenters. The number of carboxylic acids is 1. The van der Waals surface area contributed by atoms with Crippen LogP contribution in [0.15, 0.2) is 30.3 Å². The number of amides is 1. The zero-order valence-electron chi connectivity index (χ0n) is 23.8. The first kappa shape index (κ1) is 27.9. The van der Waals surface area contributed by atoms with Crippen LogP contribution < -0.4 is 9.64 Å². The number of benzene rings is 2. The molecule has 9 heteroatoms. The van der Waals surface area contributed by atoms with Crippen LogP contribution in [-0.2, 0) is 16.0 Å². The Balaban J connectivity index is 1.71. The minimum Gasteiger partial charge on any atom is -0.494 e. The molecule has 1 amide bonds. The molecular weight excluding hydrogens is 513 g/mol. The highest BCUT2D eigenvalue weighted by atomic mass is 19.1. The van der Waals surface area contributed by atoms with Gasteiger partial charge in [0, 0.05) is 23.6 Å². The topological polar surface area (TPSA) is 93.9 Å². The number of hydrogen-bond donors (Lipinski definition) is 1. The molecule has 2 aliphatic rings. The summed E-state index contributed by atoms with van der Waals surface area (Å²) in [7, 11) is 2.84. The van der Waals surface area contributed by atoms with E-state index < -0.39 is 17.9 Å². The molecular formula is C31H38FN3O5. The van der Waals surface area contributed by atoms with Gasteiger partial charge in [0.2, 0.25) is 0 Å². The Morgan fingerprint density at radius 1 is 1.07 bits per heavy atom. The van der Waals surface area contributed by atoms with E-state index in [1.807, 2.05) is 25.1 Å². The van der Waals surface area contributed by atoms with Crippen molar-refractivity contribution in [3.8, 4) is 5.75 Å². The average molecular weight is 552 g/mol. The molecule has 1 unspecified atom stereocenters. The maximum atomic E-state index is 14.9. The number of carbonyl (C=O) groups excluding carboxylic acids is 1. The van der Waals surface area contributed by atoms with E-state index in [1.165, 1.54) is 20.3 Å². The van der Waals surface area contributed by atoms with E-state index in [4.69, 9.17) is 14.5 Å². The fourth-order valence-corrected chi connectivity index (χ4v) is 6.69. The quantitative estimate of drug-likeness (QED) is 0.367. The maximum Gasteiger partial charge on any atom is 0.414 e. The predicted molar refractivity (Wildman–Crippen MR) is 151 cm³/mol. The molecule has 2 heterocycles. The first-order valence-electron chi connectivity index (χ1n) is 14.1. The predicted octanol–water partition coefficient (Wildman–Crippen LogP) is 6.70. The summed E-state index contributed by atoms with van der Waals surface area (Å²) >= 11 is 0. The third-order valence-corrected chi connectivity index (χ3v) is 8.74. The summed E-state index contributed by atoms with van der Waals surface area (Å²) in [6.45, 7) is 6.23. The van der Waals surface area contributed by atoms with Gasteiger partial charge < -0.3 is 19.1 Å². The number of aliphatic carboxylic acids is 1. The summed E-state index contributed by atoms with van der Waals surface area (Å²) in [6, 6.07) is 9.15. The number of aryl methyl sites for hydroxylation is 1. The second kappa shape index (κ2) is 11.1. The van der Waals surface area contributed by atoms with Gasteiger partial charge in [0.05, 0.1) is 36.9 Å². The molecule has 0 saturated heterocycles. The molecule has 5 rings (SSSR count). The lowest BCUT2D eigenvalue weighted by Gasteiger charge is -2.34. The highest BCUT2D eigenvalue weighted by Gasteiger charge is 2.36. The van der Waals surface area contributed by atoms with Gasteiger partial charge in [-0.3, -0.25) is 9.69 Å². The van der Waals surface area contributed by atoms with Gasteiger partial charge in [0.25, 0.3) is 0 Å². The lowest BCUT2D eigenvalue weighted by Crippen LogP contribution is -2.42. The number of halogens is 1. The Hall–Kier alpha value is -3.62. The number of hydrogen-bond acceptors (Lipinski definition) is 5. The van der Waals surface area contributed by atoms with Crippen LogP contribution in [0.5, 0.6) is 5.75 Å². The summed E-state index contributed by atoms with van der Waals surface area (Å²) < 4.78 is 27.5. The highest BCUT2D eigenvalue weighted by Crippen LogP contribution is 2.44. The van der Waals surface area contributed by atoms with Crippen molar-refractivity contribution in [2.24, 2.45) is 11.8 Å². The third-order valence-electron chi connectivity index (χ3n) is 8.74. The van der Waals surface area contributed by atoms with Crippen LogP contribution in [-0.4, -0.2) is 47.0 Å². The normalized spacial score (nSPS) is 21.8. The summed E-state index contributed by atoms with van der Waals surface area (Å²) in [5, 5.41) is 9.60. The molecule has 0 radical (unpaired) electrons. The van der Waals surface area contributed by atoms with Gasteiger partial charge in [-0.1, -0.05) is 19.9 Å². The van der Waals surface area contributed by atoms with Gasteiger partial charge in [-0.2, -0.15) is 0 Å². The Morgan fingerprint density at radius 3 is 2.40 bits per heavy atom. The molecule has 8 nitrogen and oxygen atoms in total. The SMILES string of the molecule is COC(=O)N1c2ccc3c(nc([C@@H](c4ccc(OC)c(F)c4)C(C)C)n3C3CCC(C(=O)O)CC3)c2CCC1C. The van der Waals surface area contributed by atoms with Crippen LogP contribution in [0.4, 0.5) is 14.9 Å². The summed E-state index contributed by atoms with van der Waals surface area (Å²) in [5.41, 5.74) is 4.42. The number of aromatic nitrogens is 2. The van der Waals surface area contributed by atoms with E-state index >= 15 is 0 Å². The number of anilines is 1. The van der Waals surface area contributed by atoms with E-state index in [2.05, 4.69) is 18.4 Å². The zero-order valence-corrected chi connectivity index (χ0v) is 23.8. The molecule has 0 spiro atoms. The van der Waals surface area contributed by atoms with E-state index in [0.717, 1.165) is 59.4 Å². The van der Waals surface area contributed by atoms with Gasteiger partial charge in [-0.15, -0.1) is 0 Å². The van der Waals surface area contributed by atoms with Crippen molar-refractivity contribution in [2.75, 3.05) is 19.1 Å². The number of carboxylic acid groups (broad SMARTS) is 1. The average Bonchev–Trinajstić information content (AvgIpc) is 3.31. The molecule has 40 heavy (non-hydrogen) atoms. The van der Waals surface area contributed by atoms with E-state index in [1.54, 1.807) is 11.0 Å². The fourth-order valence-electron chi connectivity index (χ4n) is 6.69. The first-order chi connectivity index (χ1) is 19.2. The molecule has 1 aliphatic heterocycles. The number of carbonyl (C=O) groups is 2. The van der Waals surface area contributed by atoms with Crippen molar-refractivity contribution in [3.05, 3.63) is 53.1 Å². The van der Waals surface area contributed by atoms with Crippen LogP contribution in [0.2, 0.25) is 0 Å². The van der Waals surface area contributed by atoms with Crippen molar-refractivity contribution < 1.29 is 28.6 Å². The maximum absolute atomic E-state index is 14.9. The smallest absolute Gasteiger partial charge is 0.414 e. The Bertz CT molecular complexity index is 1430. The number of imidazole rings is 1. The molecule has 3 aromatic rings. The number of fused-ring (bicyclic) bond motifs is 3. The van der Waals surface area contributed by atoms with Gasteiger partial charge in [0.1, 0.15) is 5.82 Å². The van der Waals surface area contributed by atoms with Crippen LogP contribution in [0.3, 0.4) is 0 Å². The second-order valence-electron chi connectivity index (χ2n) is 11.5. The summed E-state index contributed by atoms with van der Waals surface area (Å²) in [4.78, 5) is 31.4. The van der Waals surface area contributed by atoms with E-state index in [9.17, 15) is 19.1 Å². The van der Waals surface area contributed by atoms with Crippen LogP contribution >= 0.6 is 0 Å². The van der Waals surface area contributed by atoms with Gasteiger partial charge in [-0.25, -0.2) is 14.2 Å². The summed E-state index contributed by atoms with van der Waals surface area (Å²) in [5.74, 6) is -0.581. The minimum absolute atomic E-state index is 0.00376. The lowest BCUT2D eigenvalue weighted by molar-refractivity contribution is -0.143. The number of rotatable bonds is 6. The minimum atomic E-state index is -0.742. The summed E-state index contributed by atoms with van der Waals surface area (Å²) in [6.07, 6.45) is 3.80.